The van der Waals surface area contributed by atoms with Crippen LogP contribution < -0.4 is 5.56 Å². The van der Waals surface area contributed by atoms with Crippen LogP contribution in [0.1, 0.15) is 29.8 Å². The fraction of sp³-hybridized carbons (Fsp3) is 0.261. The molecular formula is C23H25N3O4S. The third-order valence-electron chi connectivity index (χ3n) is 5.06. The van der Waals surface area contributed by atoms with E-state index in [-0.39, 0.29) is 17.2 Å². The monoisotopic (exact) mass is 439 g/mol. The van der Waals surface area contributed by atoms with Crippen molar-refractivity contribution in [1.82, 2.24) is 14.1 Å². The molecule has 0 unspecified atom stereocenters. The highest BCUT2D eigenvalue weighted by atomic mass is 32.2. The maximum Gasteiger partial charge on any atom is 0.267 e. The van der Waals surface area contributed by atoms with E-state index in [9.17, 15) is 18.0 Å². The van der Waals surface area contributed by atoms with Crippen molar-refractivity contribution in [3.8, 4) is 11.3 Å². The summed E-state index contributed by atoms with van der Waals surface area (Å²) in [5.41, 5.74) is 1.68. The van der Waals surface area contributed by atoms with Gasteiger partial charge in [0.15, 0.2) is 5.78 Å². The predicted molar refractivity (Wildman–Crippen MR) is 120 cm³/mol. The minimum atomic E-state index is -3.65. The highest BCUT2D eigenvalue weighted by molar-refractivity contribution is 7.89. The number of aryl methyl sites for hydroxylation is 1. The summed E-state index contributed by atoms with van der Waals surface area (Å²) >= 11 is 0. The minimum absolute atomic E-state index is 0.201. The predicted octanol–water partition coefficient (Wildman–Crippen LogP) is 3.13. The van der Waals surface area contributed by atoms with Crippen molar-refractivity contribution in [2.75, 3.05) is 13.1 Å². The maximum absolute atomic E-state index is 13.0. The summed E-state index contributed by atoms with van der Waals surface area (Å²) in [4.78, 5) is 25.0. The van der Waals surface area contributed by atoms with Gasteiger partial charge < -0.3 is 0 Å². The molecule has 31 heavy (non-hydrogen) atoms. The standard InChI is InChI=1S/C23H25N3O4S/c1-4-25(5-2)31(29,30)22-15-19(12-11-17(22)3)20-13-14-23(28)26(24-20)16-21(27)18-9-7-6-8-10-18/h6-15H,4-5,16H2,1-3H3. The second-order valence-corrected chi connectivity index (χ2v) is 8.98. The van der Waals surface area contributed by atoms with Crippen molar-refractivity contribution < 1.29 is 13.2 Å². The van der Waals surface area contributed by atoms with Gasteiger partial charge in [-0.05, 0) is 24.6 Å². The van der Waals surface area contributed by atoms with Crippen LogP contribution in [0.3, 0.4) is 0 Å². The van der Waals surface area contributed by atoms with Crippen LogP contribution in [-0.4, -0.2) is 41.4 Å². The second-order valence-electron chi connectivity index (χ2n) is 7.07. The van der Waals surface area contributed by atoms with Gasteiger partial charge in [0, 0.05) is 30.3 Å². The van der Waals surface area contributed by atoms with Gasteiger partial charge in [-0.15, -0.1) is 0 Å². The summed E-state index contributed by atoms with van der Waals surface area (Å²) in [6.07, 6.45) is 0. The second kappa shape index (κ2) is 9.36. The van der Waals surface area contributed by atoms with Crippen LogP contribution in [0.15, 0.2) is 70.4 Å². The lowest BCUT2D eigenvalue weighted by Gasteiger charge is -2.20. The van der Waals surface area contributed by atoms with Crippen LogP contribution >= 0.6 is 0 Å². The number of nitrogens with zero attached hydrogens (tertiary/aromatic N) is 3. The molecule has 1 heterocycles. The number of sulfonamides is 1. The first kappa shape index (κ1) is 22.6. The Labute approximate surface area is 182 Å². The normalized spacial score (nSPS) is 11.6. The van der Waals surface area contributed by atoms with Crippen molar-refractivity contribution in [2.45, 2.75) is 32.2 Å². The molecule has 162 valence electrons. The average molecular weight is 440 g/mol. The van der Waals surface area contributed by atoms with E-state index in [1.807, 2.05) is 6.07 Å². The summed E-state index contributed by atoms with van der Waals surface area (Å²) in [5.74, 6) is -0.235. The zero-order valence-corrected chi connectivity index (χ0v) is 18.6. The molecule has 3 rings (SSSR count). The van der Waals surface area contributed by atoms with E-state index in [0.29, 0.717) is 35.5 Å². The number of benzene rings is 2. The molecule has 3 aromatic rings. The maximum atomic E-state index is 13.0. The van der Waals surface area contributed by atoms with Crippen LogP contribution in [0.2, 0.25) is 0 Å². The number of hydrogen-bond acceptors (Lipinski definition) is 5. The lowest BCUT2D eigenvalue weighted by Crippen LogP contribution is -2.31. The van der Waals surface area contributed by atoms with Crippen molar-refractivity contribution >= 4 is 15.8 Å². The van der Waals surface area contributed by atoms with Gasteiger partial charge in [-0.25, -0.2) is 13.1 Å². The average Bonchev–Trinajstić information content (AvgIpc) is 2.76. The Kier molecular flexibility index (Phi) is 6.82. The molecule has 0 bridgehead atoms. The molecule has 0 aliphatic rings. The van der Waals surface area contributed by atoms with E-state index in [0.717, 1.165) is 4.68 Å². The summed E-state index contributed by atoms with van der Waals surface area (Å²) < 4.78 is 28.6. The number of rotatable bonds is 8. The first-order valence-corrected chi connectivity index (χ1v) is 11.5. The van der Waals surface area contributed by atoms with E-state index in [4.69, 9.17) is 0 Å². The Hall–Kier alpha value is -3.10. The number of aromatic nitrogens is 2. The number of carbonyl (C=O) groups is 1. The number of ketones is 1. The third kappa shape index (κ3) is 4.81. The Balaban J connectivity index is 2.00. The van der Waals surface area contributed by atoms with E-state index < -0.39 is 15.6 Å². The molecule has 0 saturated heterocycles. The lowest BCUT2D eigenvalue weighted by atomic mass is 10.1. The zero-order valence-electron chi connectivity index (χ0n) is 17.8. The summed E-state index contributed by atoms with van der Waals surface area (Å²) in [5, 5.41) is 4.32. The molecular weight excluding hydrogens is 414 g/mol. The largest absolute Gasteiger partial charge is 0.292 e. The van der Waals surface area contributed by atoms with Crippen LogP contribution in [0.5, 0.6) is 0 Å². The van der Waals surface area contributed by atoms with Crippen LogP contribution in [0, 0.1) is 6.92 Å². The van der Waals surface area contributed by atoms with E-state index in [1.165, 1.54) is 16.4 Å². The fourth-order valence-electron chi connectivity index (χ4n) is 3.31. The molecule has 0 amide bonds. The van der Waals surface area contributed by atoms with Gasteiger partial charge in [-0.2, -0.15) is 9.40 Å². The molecule has 2 aromatic carbocycles. The van der Waals surface area contributed by atoms with Crippen LogP contribution in [0.4, 0.5) is 0 Å². The molecule has 0 aliphatic carbocycles. The van der Waals surface area contributed by atoms with E-state index >= 15 is 0 Å². The van der Waals surface area contributed by atoms with Gasteiger partial charge in [0.25, 0.3) is 5.56 Å². The van der Waals surface area contributed by atoms with Gasteiger partial charge >= 0.3 is 0 Å². The van der Waals surface area contributed by atoms with E-state index in [2.05, 4.69) is 5.10 Å². The Morgan fingerprint density at radius 3 is 2.32 bits per heavy atom. The van der Waals surface area contributed by atoms with Gasteiger partial charge in [0.1, 0.15) is 6.54 Å². The quantitative estimate of drug-likeness (QED) is 0.503. The minimum Gasteiger partial charge on any atom is -0.292 e. The lowest BCUT2D eigenvalue weighted by molar-refractivity contribution is 0.0966. The topological polar surface area (TPSA) is 89.3 Å². The number of carbonyl (C=O) groups excluding carboxylic acids is 1. The molecule has 0 atom stereocenters. The molecule has 1 aromatic heterocycles. The van der Waals surface area contributed by atoms with Crippen molar-refractivity contribution in [2.24, 2.45) is 0 Å². The Morgan fingerprint density at radius 2 is 1.68 bits per heavy atom. The summed E-state index contributed by atoms with van der Waals surface area (Å²) in [6, 6.07) is 16.6. The molecule has 0 radical (unpaired) electrons. The highest BCUT2D eigenvalue weighted by Crippen LogP contribution is 2.25. The first-order chi connectivity index (χ1) is 14.8. The Bertz CT molecular complexity index is 1250. The van der Waals surface area contributed by atoms with Gasteiger partial charge in [-0.3, -0.25) is 9.59 Å². The summed E-state index contributed by atoms with van der Waals surface area (Å²) in [6.45, 7) is 5.86. The molecule has 0 aliphatic heterocycles. The van der Waals surface area contributed by atoms with E-state index in [1.54, 1.807) is 63.2 Å². The number of hydrogen-bond donors (Lipinski definition) is 0. The molecule has 0 N–H and O–H groups in total. The smallest absolute Gasteiger partial charge is 0.267 e. The van der Waals surface area contributed by atoms with Crippen LogP contribution in [0.25, 0.3) is 11.3 Å². The third-order valence-corrected chi connectivity index (χ3v) is 7.25. The molecule has 0 spiro atoms. The summed E-state index contributed by atoms with van der Waals surface area (Å²) in [7, 11) is -3.65. The van der Waals surface area contributed by atoms with Gasteiger partial charge in [0.05, 0.1) is 10.6 Å². The van der Waals surface area contributed by atoms with Gasteiger partial charge in [0.2, 0.25) is 10.0 Å². The molecule has 7 nitrogen and oxygen atoms in total. The zero-order chi connectivity index (χ0) is 22.6. The molecule has 0 saturated carbocycles. The SMILES string of the molecule is CCN(CC)S(=O)(=O)c1cc(-c2ccc(=O)n(CC(=O)c3ccccc3)n2)ccc1C. The van der Waals surface area contributed by atoms with Crippen molar-refractivity contribution in [1.29, 1.82) is 0 Å². The van der Waals surface area contributed by atoms with Crippen molar-refractivity contribution in [3.63, 3.8) is 0 Å². The number of Topliss-reactive ketones (excluding diaryl/α,β-unsaturated/α-hetero) is 1. The molecule has 8 heteroatoms. The highest BCUT2D eigenvalue weighted by Gasteiger charge is 2.24. The fourth-order valence-corrected chi connectivity index (χ4v) is 5.02. The van der Waals surface area contributed by atoms with Gasteiger partial charge in [-0.1, -0.05) is 56.3 Å². The van der Waals surface area contributed by atoms with Crippen molar-refractivity contribution in [3.05, 3.63) is 82.1 Å². The first-order valence-electron chi connectivity index (χ1n) is 10.1. The Morgan fingerprint density at radius 1 is 1.00 bits per heavy atom. The molecule has 0 fully saturated rings. The van der Waals surface area contributed by atoms with Crippen LogP contribution in [-0.2, 0) is 16.6 Å².